The summed E-state index contributed by atoms with van der Waals surface area (Å²) in [6.45, 7) is 0. The molecule has 3 aromatic rings. The Morgan fingerprint density at radius 2 is 2.10 bits per heavy atom. The summed E-state index contributed by atoms with van der Waals surface area (Å²) in [6.07, 6.45) is 0.714. The van der Waals surface area contributed by atoms with Gasteiger partial charge in [-0.15, -0.1) is 0 Å². The van der Waals surface area contributed by atoms with Crippen LogP contribution in [0.2, 0.25) is 0 Å². The Kier molecular flexibility index (Phi) is 3.66. The molecule has 0 aliphatic heterocycles. The van der Waals surface area contributed by atoms with Crippen LogP contribution in [-0.4, -0.2) is 26.6 Å². The Morgan fingerprint density at radius 3 is 2.81 bits per heavy atom. The number of anilines is 1. The lowest BCUT2D eigenvalue weighted by molar-refractivity contribution is 0.382. The van der Waals surface area contributed by atoms with E-state index in [-0.39, 0.29) is 6.01 Å². The summed E-state index contributed by atoms with van der Waals surface area (Å²) in [5, 5.41) is 0. The summed E-state index contributed by atoms with van der Waals surface area (Å²) in [7, 11) is 3.44. The molecule has 0 fully saturated rings. The van der Waals surface area contributed by atoms with Crippen molar-refractivity contribution in [2.24, 2.45) is 7.05 Å². The van der Waals surface area contributed by atoms with Crippen molar-refractivity contribution >= 4 is 39.6 Å². The normalized spacial score (nSPS) is 11.0. The fourth-order valence-electron chi connectivity index (χ4n) is 2.19. The molecule has 7 heteroatoms. The van der Waals surface area contributed by atoms with Gasteiger partial charge in [-0.2, -0.15) is 9.97 Å². The second-order valence-corrected chi connectivity index (χ2v) is 5.91. The van der Waals surface area contributed by atoms with Gasteiger partial charge in [0.15, 0.2) is 17.0 Å². The first-order chi connectivity index (χ1) is 10.1. The van der Waals surface area contributed by atoms with E-state index in [1.807, 2.05) is 17.7 Å². The lowest BCUT2D eigenvalue weighted by atomic mass is 10.1. The van der Waals surface area contributed by atoms with Crippen molar-refractivity contribution in [1.82, 2.24) is 19.5 Å². The molecule has 0 saturated carbocycles. The molecule has 0 aliphatic carbocycles. The van der Waals surface area contributed by atoms with Crippen molar-refractivity contribution in [2.45, 2.75) is 6.42 Å². The molecule has 21 heavy (non-hydrogen) atoms. The van der Waals surface area contributed by atoms with E-state index in [1.54, 1.807) is 0 Å². The number of nitrogens with zero attached hydrogens (tertiary/aromatic N) is 4. The Bertz CT molecular complexity index is 814. The molecule has 0 atom stereocenters. The fourth-order valence-corrected chi connectivity index (χ4v) is 2.79. The van der Waals surface area contributed by atoms with Crippen LogP contribution < -0.4 is 10.5 Å². The Labute approximate surface area is 135 Å². The van der Waals surface area contributed by atoms with Crippen molar-refractivity contribution in [3.05, 3.63) is 39.2 Å². The van der Waals surface area contributed by atoms with Gasteiger partial charge in [0.25, 0.3) is 0 Å². The molecule has 0 amide bonds. The summed E-state index contributed by atoms with van der Waals surface area (Å²) < 4.78 is 8.18. The van der Waals surface area contributed by atoms with Gasteiger partial charge in [0.2, 0.25) is 0 Å². The molecule has 0 bridgehead atoms. The highest BCUT2D eigenvalue weighted by Crippen LogP contribution is 2.22. The van der Waals surface area contributed by atoms with Gasteiger partial charge in [-0.3, -0.25) is 0 Å². The van der Waals surface area contributed by atoms with E-state index in [9.17, 15) is 0 Å². The molecule has 3 rings (SSSR count). The van der Waals surface area contributed by atoms with E-state index in [4.69, 9.17) is 10.5 Å². The lowest BCUT2D eigenvalue weighted by Crippen LogP contribution is -2.01. The molecule has 2 N–H and O–H groups in total. The maximum absolute atomic E-state index is 5.92. The zero-order chi connectivity index (χ0) is 15.0. The number of hydrogen-bond acceptors (Lipinski definition) is 5. The van der Waals surface area contributed by atoms with Crippen LogP contribution in [0.3, 0.4) is 0 Å². The fraction of sp³-hybridized carbons (Fsp3) is 0.214. The van der Waals surface area contributed by atoms with E-state index < -0.39 is 0 Å². The number of rotatable bonds is 3. The average molecular weight is 395 g/mol. The van der Waals surface area contributed by atoms with Crippen molar-refractivity contribution in [3.8, 4) is 6.01 Å². The topological polar surface area (TPSA) is 78.9 Å². The number of aryl methyl sites for hydroxylation is 1. The number of halogens is 1. The van der Waals surface area contributed by atoms with E-state index in [0.717, 1.165) is 5.82 Å². The summed E-state index contributed by atoms with van der Waals surface area (Å²) in [5.74, 6) is 1.22. The highest BCUT2D eigenvalue weighted by Gasteiger charge is 2.15. The maximum Gasteiger partial charge on any atom is 0.320 e. The Morgan fingerprint density at radius 1 is 1.29 bits per heavy atom. The van der Waals surface area contributed by atoms with Crippen LogP contribution in [0.25, 0.3) is 11.2 Å². The number of aromatic nitrogens is 4. The standard InChI is InChI=1S/C14H14IN5O/c1-20-10(7-8-4-3-5-9(15)6-8)17-11-12(16)18-14(21-2)19-13(11)20/h3-6H,7H2,1-2H3,(H2,16,18,19). The molecular weight excluding hydrogens is 381 g/mol. The van der Waals surface area contributed by atoms with Crippen LogP contribution in [0.4, 0.5) is 5.82 Å². The van der Waals surface area contributed by atoms with Gasteiger partial charge in [0.05, 0.1) is 7.11 Å². The van der Waals surface area contributed by atoms with E-state index in [2.05, 4.69) is 55.7 Å². The van der Waals surface area contributed by atoms with Crippen molar-refractivity contribution < 1.29 is 4.74 Å². The van der Waals surface area contributed by atoms with Gasteiger partial charge >= 0.3 is 6.01 Å². The van der Waals surface area contributed by atoms with Gasteiger partial charge in [-0.1, -0.05) is 12.1 Å². The molecule has 0 radical (unpaired) electrons. The Balaban J connectivity index is 2.07. The minimum Gasteiger partial charge on any atom is -0.467 e. The quantitative estimate of drug-likeness (QED) is 0.688. The number of fused-ring (bicyclic) bond motifs is 1. The number of nitrogens with two attached hydrogens (primary N) is 1. The van der Waals surface area contributed by atoms with Gasteiger partial charge in [0.1, 0.15) is 5.82 Å². The van der Waals surface area contributed by atoms with Crippen molar-refractivity contribution in [2.75, 3.05) is 12.8 Å². The predicted molar refractivity (Wildman–Crippen MR) is 89.2 cm³/mol. The minimum absolute atomic E-state index is 0.254. The van der Waals surface area contributed by atoms with Crippen LogP contribution >= 0.6 is 22.6 Å². The van der Waals surface area contributed by atoms with E-state index in [1.165, 1.54) is 16.2 Å². The van der Waals surface area contributed by atoms with E-state index in [0.29, 0.717) is 23.4 Å². The molecular formula is C14H14IN5O. The third kappa shape index (κ3) is 2.65. The summed E-state index contributed by atoms with van der Waals surface area (Å²) in [6, 6.07) is 8.57. The molecule has 0 spiro atoms. The summed E-state index contributed by atoms with van der Waals surface area (Å²) >= 11 is 2.30. The minimum atomic E-state index is 0.254. The largest absolute Gasteiger partial charge is 0.467 e. The Hall–Kier alpha value is -1.90. The van der Waals surface area contributed by atoms with Gasteiger partial charge in [-0.25, -0.2) is 4.98 Å². The van der Waals surface area contributed by atoms with E-state index >= 15 is 0 Å². The second-order valence-electron chi connectivity index (χ2n) is 4.66. The predicted octanol–water partition coefficient (Wildman–Crippen LogP) is 2.15. The van der Waals surface area contributed by atoms with Crippen LogP contribution in [0, 0.1) is 3.57 Å². The first kappa shape index (κ1) is 14.1. The molecule has 0 saturated heterocycles. The van der Waals surface area contributed by atoms with Crippen LogP contribution in [0.15, 0.2) is 24.3 Å². The van der Waals surface area contributed by atoms with Crippen LogP contribution in [0.5, 0.6) is 6.01 Å². The molecule has 6 nitrogen and oxygen atoms in total. The monoisotopic (exact) mass is 395 g/mol. The molecule has 108 valence electrons. The SMILES string of the molecule is COc1nc(N)c2nc(Cc3cccc(I)c3)n(C)c2n1. The first-order valence-electron chi connectivity index (χ1n) is 6.35. The van der Waals surface area contributed by atoms with Gasteiger partial charge in [-0.05, 0) is 40.3 Å². The third-order valence-corrected chi connectivity index (χ3v) is 3.92. The van der Waals surface area contributed by atoms with Gasteiger partial charge in [0, 0.05) is 17.0 Å². The molecule has 1 aromatic carbocycles. The second kappa shape index (κ2) is 5.47. The highest BCUT2D eigenvalue weighted by atomic mass is 127. The zero-order valence-electron chi connectivity index (χ0n) is 11.7. The molecule has 0 unspecified atom stereocenters. The number of imidazole rings is 1. The number of ether oxygens (including phenoxy) is 1. The number of nitrogen functional groups attached to an aromatic ring is 1. The van der Waals surface area contributed by atoms with Crippen molar-refractivity contribution in [1.29, 1.82) is 0 Å². The van der Waals surface area contributed by atoms with Gasteiger partial charge < -0.3 is 15.0 Å². The number of hydrogen-bond donors (Lipinski definition) is 1. The van der Waals surface area contributed by atoms with Crippen molar-refractivity contribution in [3.63, 3.8) is 0 Å². The average Bonchev–Trinajstić information content (AvgIpc) is 2.77. The maximum atomic E-state index is 5.92. The molecule has 2 heterocycles. The molecule has 2 aromatic heterocycles. The summed E-state index contributed by atoms with van der Waals surface area (Å²) in [5.41, 5.74) is 8.41. The lowest BCUT2D eigenvalue weighted by Gasteiger charge is -2.03. The zero-order valence-corrected chi connectivity index (χ0v) is 13.8. The third-order valence-electron chi connectivity index (χ3n) is 3.25. The van der Waals surface area contributed by atoms with Crippen LogP contribution in [-0.2, 0) is 13.5 Å². The smallest absolute Gasteiger partial charge is 0.320 e. The summed E-state index contributed by atoms with van der Waals surface area (Å²) in [4.78, 5) is 12.9. The first-order valence-corrected chi connectivity index (χ1v) is 7.43. The number of methoxy groups -OCH3 is 1. The highest BCUT2D eigenvalue weighted by molar-refractivity contribution is 14.1. The molecule has 0 aliphatic rings. The number of benzene rings is 1. The van der Waals surface area contributed by atoms with Crippen LogP contribution in [0.1, 0.15) is 11.4 Å².